The third kappa shape index (κ3) is 22.9. The summed E-state index contributed by atoms with van der Waals surface area (Å²) in [6.07, 6.45) is 0. The first kappa shape index (κ1) is 13.7. The number of nitrogens with zero attached hydrogens (tertiary/aromatic N) is 1. The number of aliphatic hydroxyl groups is 1. The molecule has 6 heteroatoms. The smallest absolute Gasteiger partial charge is 0.294 e. The van der Waals surface area contributed by atoms with Gasteiger partial charge in [-0.05, 0) is 13.8 Å². The molecular weight excluding hydrogens is 166 g/mol. The van der Waals surface area contributed by atoms with E-state index < -0.39 is 5.09 Å². The van der Waals surface area contributed by atoms with Crippen LogP contribution in [-0.2, 0) is 9.57 Å². The second-order valence-corrected chi connectivity index (χ2v) is 1.56. The molecule has 0 amide bonds. The second-order valence-electron chi connectivity index (χ2n) is 1.56. The van der Waals surface area contributed by atoms with Crippen LogP contribution in [-0.4, -0.2) is 36.6 Å². The molecular formula is C6H15NO5. The predicted octanol–water partition coefficient (Wildman–Crippen LogP) is 0.230. The molecule has 0 aliphatic heterocycles. The molecule has 0 saturated carbocycles. The van der Waals surface area contributed by atoms with E-state index in [0.717, 1.165) is 13.2 Å². The Labute approximate surface area is 71.2 Å². The summed E-state index contributed by atoms with van der Waals surface area (Å²) in [6, 6.07) is 0. The summed E-state index contributed by atoms with van der Waals surface area (Å²) in [7, 11) is 0. The molecule has 0 unspecified atom stereocenters. The van der Waals surface area contributed by atoms with Gasteiger partial charge in [0, 0.05) is 13.2 Å². The van der Waals surface area contributed by atoms with Crippen LogP contribution in [0.25, 0.3) is 0 Å². The SMILES string of the molecule is CCOCC.O=[N+]([O-])OCCO. The lowest BCUT2D eigenvalue weighted by Gasteiger charge is -1.88. The summed E-state index contributed by atoms with van der Waals surface area (Å²) in [5.41, 5.74) is 0. The molecule has 0 rings (SSSR count). The van der Waals surface area contributed by atoms with E-state index in [2.05, 4.69) is 4.84 Å². The van der Waals surface area contributed by atoms with Crippen molar-refractivity contribution in [3.63, 3.8) is 0 Å². The van der Waals surface area contributed by atoms with E-state index in [0.29, 0.717) is 0 Å². The minimum absolute atomic E-state index is 0.243. The van der Waals surface area contributed by atoms with Gasteiger partial charge in [0.05, 0.1) is 6.61 Å². The summed E-state index contributed by atoms with van der Waals surface area (Å²) in [4.78, 5) is 12.9. The van der Waals surface area contributed by atoms with Crippen molar-refractivity contribution in [1.82, 2.24) is 0 Å². The fourth-order valence-electron chi connectivity index (χ4n) is 0.319. The van der Waals surface area contributed by atoms with Gasteiger partial charge in [-0.25, -0.2) is 0 Å². The molecule has 0 aromatic heterocycles. The first-order chi connectivity index (χ1) is 5.68. The third-order valence-corrected chi connectivity index (χ3v) is 0.696. The lowest BCUT2D eigenvalue weighted by atomic mass is 10.8. The zero-order valence-corrected chi connectivity index (χ0v) is 7.36. The van der Waals surface area contributed by atoms with Gasteiger partial charge in [-0.15, -0.1) is 10.1 Å². The molecule has 0 atom stereocenters. The van der Waals surface area contributed by atoms with Gasteiger partial charge in [0.25, 0.3) is 5.09 Å². The first-order valence-corrected chi connectivity index (χ1v) is 3.64. The third-order valence-electron chi connectivity index (χ3n) is 0.696. The van der Waals surface area contributed by atoms with Gasteiger partial charge in [-0.1, -0.05) is 0 Å². The highest BCUT2D eigenvalue weighted by Gasteiger charge is 1.88. The highest BCUT2D eigenvalue weighted by atomic mass is 16.9. The van der Waals surface area contributed by atoms with E-state index in [4.69, 9.17) is 9.84 Å². The van der Waals surface area contributed by atoms with Crippen LogP contribution in [0.4, 0.5) is 0 Å². The molecule has 74 valence electrons. The predicted molar refractivity (Wildman–Crippen MR) is 42.2 cm³/mol. The molecule has 0 aliphatic rings. The number of rotatable bonds is 5. The number of hydrogen-bond acceptors (Lipinski definition) is 5. The van der Waals surface area contributed by atoms with Crippen molar-refractivity contribution in [2.75, 3.05) is 26.4 Å². The van der Waals surface area contributed by atoms with Crippen molar-refractivity contribution in [2.45, 2.75) is 13.8 Å². The van der Waals surface area contributed by atoms with Gasteiger partial charge in [0.2, 0.25) is 0 Å². The Morgan fingerprint density at radius 1 is 1.42 bits per heavy atom. The number of hydrogen-bond donors (Lipinski definition) is 1. The molecule has 0 aromatic carbocycles. The molecule has 0 spiro atoms. The topological polar surface area (TPSA) is 81.8 Å². The minimum Gasteiger partial charge on any atom is -0.394 e. The van der Waals surface area contributed by atoms with Crippen molar-refractivity contribution < 1.29 is 19.8 Å². The van der Waals surface area contributed by atoms with Gasteiger partial charge >= 0.3 is 0 Å². The summed E-state index contributed by atoms with van der Waals surface area (Å²) in [5.74, 6) is 0. The standard InChI is InChI=1S/C4H10O.C2H5NO4/c1-3-5-4-2;4-1-2-7-3(5)6/h3-4H2,1-2H3;4H,1-2H2. The van der Waals surface area contributed by atoms with Gasteiger partial charge in [-0.2, -0.15) is 0 Å². The maximum Gasteiger partial charge on any atom is 0.294 e. The van der Waals surface area contributed by atoms with Gasteiger partial charge in [-0.3, -0.25) is 0 Å². The summed E-state index contributed by atoms with van der Waals surface area (Å²) < 4.78 is 4.83. The molecule has 0 fully saturated rings. The molecule has 0 aliphatic carbocycles. The molecule has 0 bridgehead atoms. The quantitative estimate of drug-likeness (QED) is 0.485. The Hall–Kier alpha value is -0.880. The Morgan fingerprint density at radius 3 is 2.00 bits per heavy atom. The van der Waals surface area contributed by atoms with Crippen LogP contribution in [0, 0.1) is 10.1 Å². The van der Waals surface area contributed by atoms with Crippen LogP contribution in [0.3, 0.4) is 0 Å². The highest BCUT2D eigenvalue weighted by Crippen LogP contribution is 1.69. The Bertz CT molecular complexity index is 95.9. The summed E-state index contributed by atoms with van der Waals surface area (Å²) in [5, 5.41) is 16.2. The Balaban J connectivity index is 0. The van der Waals surface area contributed by atoms with E-state index in [9.17, 15) is 10.1 Å². The summed E-state index contributed by atoms with van der Waals surface area (Å²) in [6.45, 7) is 5.11. The van der Waals surface area contributed by atoms with Crippen LogP contribution in [0.2, 0.25) is 0 Å². The number of ether oxygens (including phenoxy) is 1. The van der Waals surface area contributed by atoms with Gasteiger partial charge < -0.3 is 14.7 Å². The summed E-state index contributed by atoms with van der Waals surface area (Å²) >= 11 is 0. The van der Waals surface area contributed by atoms with Gasteiger partial charge in [0.15, 0.2) is 0 Å². The normalized spacial score (nSPS) is 8.25. The van der Waals surface area contributed by atoms with Crippen molar-refractivity contribution >= 4 is 0 Å². The molecule has 0 aromatic rings. The minimum atomic E-state index is -0.948. The van der Waals surface area contributed by atoms with Crippen LogP contribution in [0.5, 0.6) is 0 Å². The van der Waals surface area contributed by atoms with Crippen molar-refractivity contribution in [2.24, 2.45) is 0 Å². The van der Waals surface area contributed by atoms with Crippen molar-refractivity contribution in [1.29, 1.82) is 0 Å². The lowest BCUT2D eigenvalue weighted by Crippen LogP contribution is -2.04. The average molecular weight is 181 g/mol. The average Bonchev–Trinajstić information content (AvgIpc) is 2.03. The Kier molecular flexibility index (Phi) is 14.6. The van der Waals surface area contributed by atoms with Crippen LogP contribution < -0.4 is 0 Å². The van der Waals surface area contributed by atoms with Crippen LogP contribution in [0.1, 0.15) is 13.8 Å². The largest absolute Gasteiger partial charge is 0.394 e. The van der Waals surface area contributed by atoms with E-state index in [1.807, 2.05) is 13.8 Å². The van der Waals surface area contributed by atoms with Gasteiger partial charge in [0.1, 0.15) is 6.61 Å². The lowest BCUT2D eigenvalue weighted by molar-refractivity contribution is -0.758. The van der Waals surface area contributed by atoms with E-state index in [1.54, 1.807) is 0 Å². The fraction of sp³-hybridized carbons (Fsp3) is 1.00. The van der Waals surface area contributed by atoms with Crippen LogP contribution in [0.15, 0.2) is 0 Å². The van der Waals surface area contributed by atoms with E-state index in [1.165, 1.54) is 0 Å². The fourth-order valence-corrected chi connectivity index (χ4v) is 0.319. The highest BCUT2D eigenvalue weighted by molar-refractivity contribution is 4.11. The van der Waals surface area contributed by atoms with Crippen LogP contribution >= 0.6 is 0 Å². The zero-order chi connectivity index (χ0) is 9.82. The molecule has 12 heavy (non-hydrogen) atoms. The maximum absolute atomic E-state index is 9.23. The zero-order valence-electron chi connectivity index (χ0n) is 7.36. The Morgan fingerprint density at radius 2 is 1.92 bits per heavy atom. The van der Waals surface area contributed by atoms with E-state index in [-0.39, 0.29) is 13.2 Å². The molecule has 0 saturated heterocycles. The molecule has 1 N–H and O–H groups in total. The molecule has 6 nitrogen and oxygen atoms in total. The maximum atomic E-state index is 9.23. The van der Waals surface area contributed by atoms with E-state index >= 15 is 0 Å². The molecule has 0 heterocycles. The number of aliphatic hydroxyl groups excluding tert-OH is 1. The van der Waals surface area contributed by atoms with Crippen molar-refractivity contribution in [3.8, 4) is 0 Å². The van der Waals surface area contributed by atoms with Crippen molar-refractivity contribution in [3.05, 3.63) is 10.1 Å². The second kappa shape index (κ2) is 12.8. The first-order valence-electron chi connectivity index (χ1n) is 3.64. The molecule has 0 radical (unpaired) electrons. The monoisotopic (exact) mass is 181 g/mol.